The predicted molar refractivity (Wildman–Crippen MR) is 72.5 cm³/mol. The molecular formula is C13H10F6N2O2S. The van der Waals surface area contributed by atoms with Gasteiger partial charge in [-0.2, -0.15) is 31.4 Å². The van der Waals surface area contributed by atoms with Crippen molar-refractivity contribution in [3.63, 3.8) is 0 Å². The maximum atomic E-state index is 12.9. The standard InChI is InChI=1S/C13H10F6N2O2S/c1-24(22)23-9-4-2-8(3-5-9)7-21-11(13(17,18)19)6-10(20-21)12(14,15)16/h2-6H,7H2,1H3. The highest BCUT2D eigenvalue weighted by Crippen LogP contribution is 2.35. The van der Waals surface area contributed by atoms with Crippen molar-refractivity contribution in [1.29, 1.82) is 0 Å². The maximum absolute atomic E-state index is 12.9. The van der Waals surface area contributed by atoms with Crippen molar-refractivity contribution in [3.8, 4) is 5.75 Å². The molecule has 0 amide bonds. The van der Waals surface area contributed by atoms with E-state index < -0.39 is 41.4 Å². The molecule has 11 heteroatoms. The van der Waals surface area contributed by atoms with E-state index in [0.717, 1.165) is 0 Å². The Hall–Kier alpha value is -2.04. The lowest BCUT2D eigenvalue weighted by Gasteiger charge is -2.10. The van der Waals surface area contributed by atoms with Crippen LogP contribution in [0.4, 0.5) is 26.3 Å². The Balaban J connectivity index is 2.31. The third kappa shape index (κ3) is 4.49. The molecule has 0 spiro atoms. The van der Waals surface area contributed by atoms with Gasteiger partial charge in [-0.05, 0) is 17.7 Å². The first-order valence-corrected chi connectivity index (χ1v) is 7.78. The Bertz CT molecular complexity index is 736. The van der Waals surface area contributed by atoms with Gasteiger partial charge in [-0.3, -0.25) is 4.68 Å². The summed E-state index contributed by atoms with van der Waals surface area (Å²) in [6.07, 6.45) is -8.67. The van der Waals surface area contributed by atoms with Gasteiger partial charge in [-0.1, -0.05) is 12.1 Å². The largest absolute Gasteiger partial charge is 0.435 e. The van der Waals surface area contributed by atoms with Crippen LogP contribution in [0.25, 0.3) is 0 Å². The minimum atomic E-state index is -4.98. The first-order chi connectivity index (χ1) is 11.0. The number of halogens is 6. The summed E-state index contributed by atoms with van der Waals surface area (Å²) >= 11 is -1.57. The fraction of sp³-hybridized carbons (Fsp3) is 0.308. The molecule has 1 aromatic heterocycles. The highest BCUT2D eigenvalue weighted by atomic mass is 32.2. The smallest absolute Gasteiger partial charge is 0.401 e. The minimum absolute atomic E-state index is 0.0300. The van der Waals surface area contributed by atoms with Gasteiger partial charge in [0.25, 0.3) is 0 Å². The van der Waals surface area contributed by atoms with Crippen molar-refractivity contribution in [2.45, 2.75) is 18.9 Å². The van der Waals surface area contributed by atoms with E-state index in [1.807, 2.05) is 0 Å². The molecule has 1 unspecified atom stereocenters. The normalized spacial score (nSPS) is 13.8. The number of rotatable bonds is 4. The minimum Gasteiger partial charge on any atom is -0.401 e. The summed E-state index contributed by atoms with van der Waals surface area (Å²) in [7, 11) is 0. The molecule has 0 N–H and O–H groups in total. The highest BCUT2D eigenvalue weighted by Gasteiger charge is 2.41. The zero-order chi connectivity index (χ0) is 18.1. The number of alkyl halides is 6. The zero-order valence-corrected chi connectivity index (χ0v) is 12.8. The SMILES string of the molecule is CS(=O)Oc1ccc(Cn2nc(C(F)(F)F)cc2C(F)(F)F)cc1. The number of hydrogen-bond acceptors (Lipinski definition) is 3. The van der Waals surface area contributed by atoms with Gasteiger partial charge in [0.1, 0.15) is 11.4 Å². The van der Waals surface area contributed by atoms with Gasteiger partial charge in [0, 0.05) is 12.3 Å². The van der Waals surface area contributed by atoms with E-state index in [9.17, 15) is 30.6 Å². The Morgan fingerprint density at radius 3 is 2.12 bits per heavy atom. The van der Waals surface area contributed by atoms with Crippen LogP contribution in [0, 0.1) is 0 Å². The van der Waals surface area contributed by atoms with E-state index in [-0.39, 0.29) is 22.1 Å². The van der Waals surface area contributed by atoms with Gasteiger partial charge >= 0.3 is 12.4 Å². The van der Waals surface area contributed by atoms with Gasteiger partial charge in [0.2, 0.25) is 11.1 Å². The molecule has 1 atom stereocenters. The van der Waals surface area contributed by atoms with Crippen molar-refractivity contribution >= 4 is 11.1 Å². The molecule has 0 aliphatic rings. The van der Waals surface area contributed by atoms with Gasteiger partial charge in [0.05, 0.1) is 6.54 Å². The van der Waals surface area contributed by atoms with E-state index >= 15 is 0 Å². The van der Waals surface area contributed by atoms with Gasteiger partial charge in [-0.15, -0.1) is 0 Å². The molecule has 0 saturated heterocycles. The molecule has 2 rings (SSSR count). The quantitative estimate of drug-likeness (QED) is 0.770. The molecule has 2 aromatic rings. The zero-order valence-electron chi connectivity index (χ0n) is 12.0. The lowest BCUT2D eigenvalue weighted by Crippen LogP contribution is -2.15. The summed E-state index contributed by atoms with van der Waals surface area (Å²) in [6, 6.07) is 5.35. The van der Waals surface area contributed by atoms with Crippen LogP contribution in [0.15, 0.2) is 30.3 Å². The maximum Gasteiger partial charge on any atom is 0.435 e. The van der Waals surface area contributed by atoms with E-state index in [1.54, 1.807) is 0 Å². The van der Waals surface area contributed by atoms with Crippen LogP contribution in [0.5, 0.6) is 5.75 Å². The average molecular weight is 372 g/mol. The summed E-state index contributed by atoms with van der Waals surface area (Å²) in [6.45, 7) is -0.513. The van der Waals surface area contributed by atoms with E-state index in [2.05, 4.69) is 5.10 Å². The van der Waals surface area contributed by atoms with Crippen molar-refractivity contribution in [3.05, 3.63) is 47.3 Å². The Kier molecular flexibility index (Phi) is 4.92. The summed E-state index contributed by atoms with van der Waals surface area (Å²) in [4.78, 5) is 0. The monoisotopic (exact) mass is 372 g/mol. The van der Waals surface area contributed by atoms with Gasteiger partial charge < -0.3 is 4.18 Å². The molecule has 4 nitrogen and oxygen atoms in total. The van der Waals surface area contributed by atoms with Gasteiger partial charge in [-0.25, -0.2) is 4.21 Å². The van der Waals surface area contributed by atoms with Crippen LogP contribution in [-0.4, -0.2) is 20.2 Å². The average Bonchev–Trinajstić information content (AvgIpc) is 2.84. The molecule has 0 fully saturated rings. The molecule has 0 saturated carbocycles. The van der Waals surface area contributed by atoms with Crippen molar-refractivity contribution in [1.82, 2.24) is 9.78 Å². The van der Waals surface area contributed by atoms with Crippen molar-refractivity contribution in [2.75, 3.05) is 6.26 Å². The van der Waals surface area contributed by atoms with Gasteiger partial charge in [0.15, 0.2) is 5.69 Å². The molecule has 1 heterocycles. The molecule has 0 aliphatic heterocycles. The second kappa shape index (κ2) is 6.46. The van der Waals surface area contributed by atoms with Crippen LogP contribution in [0.3, 0.4) is 0 Å². The number of aromatic nitrogens is 2. The van der Waals surface area contributed by atoms with E-state index in [4.69, 9.17) is 4.18 Å². The Morgan fingerprint density at radius 1 is 1.08 bits per heavy atom. The van der Waals surface area contributed by atoms with Crippen LogP contribution in [-0.2, 0) is 30.0 Å². The molecule has 1 aromatic carbocycles. The predicted octanol–water partition coefficient (Wildman–Crippen LogP) is 3.64. The van der Waals surface area contributed by atoms with Crippen LogP contribution in [0.2, 0.25) is 0 Å². The third-order valence-corrected chi connectivity index (χ3v) is 3.26. The summed E-state index contributed by atoms with van der Waals surface area (Å²) < 4.78 is 92.4. The summed E-state index contributed by atoms with van der Waals surface area (Å²) in [5.74, 6) is 0.215. The van der Waals surface area contributed by atoms with E-state index in [1.165, 1.54) is 30.5 Å². The molecule has 0 radical (unpaired) electrons. The molecule has 0 bridgehead atoms. The highest BCUT2D eigenvalue weighted by molar-refractivity contribution is 7.79. The number of benzene rings is 1. The second-order valence-electron chi connectivity index (χ2n) is 4.70. The second-order valence-corrected chi connectivity index (χ2v) is 5.67. The van der Waals surface area contributed by atoms with Crippen LogP contribution < -0.4 is 4.18 Å². The number of nitrogens with zero attached hydrogens (tertiary/aromatic N) is 2. The third-order valence-electron chi connectivity index (χ3n) is 2.83. The van der Waals surface area contributed by atoms with Crippen molar-refractivity contribution in [2.24, 2.45) is 0 Å². The fourth-order valence-corrected chi connectivity index (χ4v) is 2.25. The lowest BCUT2D eigenvalue weighted by molar-refractivity contribution is -0.144. The summed E-state index contributed by atoms with van der Waals surface area (Å²) in [5.41, 5.74) is -2.84. The van der Waals surface area contributed by atoms with Crippen molar-refractivity contribution < 1.29 is 34.7 Å². The van der Waals surface area contributed by atoms with Crippen LogP contribution in [0.1, 0.15) is 17.0 Å². The molecule has 24 heavy (non-hydrogen) atoms. The topological polar surface area (TPSA) is 44.1 Å². The Labute approximate surface area is 134 Å². The molecular weight excluding hydrogens is 362 g/mol. The Morgan fingerprint density at radius 2 is 1.67 bits per heavy atom. The first-order valence-electron chi connectivity index (χ1n) is 6.30. The first kappa shape index (κ1) is 18.3. The fourth-order valence-electron chi connectivity index (χ4n) is 1.86. The van der Waals surface area contributed by atoms with Crippen LogP contribution >= 0.6 is 0 Å². The molecule has 0 aliphatic carbocycles. The molecule has 132 valence electrons. The summed E-state index contributed by atoms with van der Waals surface area (Å²) in [5, 5.41) is 3.01. The number of hydrogen-bond donors (Lipinski definition) is 0. The van der Waals surface area contributed by atoms with E-state index in [0.29, 0.717) is 0 Å². The lowest BCUT2D eigenvalue weighted by atomic mass is 10.2.